The minimum Gasteiger partial charge on any atom is -0.312 e. The quantitative estimate of drug-likeness (QED) is 0.359. The molecule has 0 unspecified atom stereocenters. The van der Waals surface area contributed by atoms with Crippen molar-refractivity contribution in [3.8, 4) is 6.07 Å². The molecular weight excluding hydrogens is 378 g/mol. The fraction of sp³-hybridized carbons (Fsp3) is 0.333. The van der Waals surface area contributed by atoms with Crippen molar-refractivity contribution in [3.05, 3.63) is 35.9 Å². The number of hydrogen-bond donors (Lipinski definition) is 3. The molecule has 1 aromatic carbocycles. The average molecular weight is 396 g/mol. The Balaban J connectivity index is 0.000000922. The van der Waals surface area contributed by atoms with Gasteiger partial charge in [0.2, 0.25) is 0 Å². The van der Waals surface area contributed by atoms with E-state index in [2.05, 4.69) is 5.16 Å². The molecule has 1 aromatic rings. The Kier molecular flexibility index (Phi) is 10.9. The van der Waals surface area contributed by atoms with Gasteiger partial charge in [-0.25, -0.2) is 4.57 Å². The monoisotopic (exact) mass is 396 g/mol. The van der Waals surface area contributed by atoms with Crippen molar-refractivity contribution in [1.82, 2.24) is 0 Å². The fourth-order valence-electron chi connectivity index (χ4n) is 1.23. The van der Waals surface area contributed by atoms with Gasteiger partial charge in [-0.05, 0) is 13.8 Å². The van der Waals surface area contributed by atoms with Gasteiger partial charge in [0.1, 0.15) is 6.07 Å². The number of nitriles is 1. The molecule has 9 nitrogen and oxygen atoms in total. The topological polar surface area (TPSA) is 142 Å². The molecule has 1 rings (SSSR count). The van der Waals surface area contributed by atoms with Gasteiger partial charge in [0.15, 0.2) is 5.71 Å². The number of nitrogens with zero attached hydrogens (tertiary/aromatic N) is 2. The van der Waals surface area contributed by atoms with Gasteiger partial charge in [-0.1, -0.05) is 35.5 Å². The third-order valence-corrected chi connectivity index (χ3v) is 4.22. The second-order valence-electron chi connectivity index (χ2n) is 3.80. The highest BCUT2D eigenvalue weighted by atomic mass is 32.5. The van der Waals surface area contributed by atoms with Gasteiger partial charge in [0, 0.05) is 17.4 Å². The Morgan fingerprint density at radius 3 is 2.04 bits per heavy atom. The maximum Gasteiger partial charge on any atom is 0.466 e. The molecule has 0 fully saturated rings. The van der Waals surface area contributed by atoms with E-state index in [1.54, 1.807) is 26.0 Å². The van der Waals surface area contributed by atoms with Crippen molar-refractivity contribution in [3.63, 3.8) is 0 Å². The molecule has 3 N–H and O–H groups in total. The molecule has 0 amide bonds. The first-order valence-electron chi connectivity index (χ1n) is 6.54. The van der Waals surface area contributed by atoms with Crippen molar-refractivity contribution >= 4 is 32.1 Å². The zero-order chi connectivity index (χ0) is 18.6. The maximum absolute atomic E-state index is 9.07. The van der Waals surface area contributed by atoms with Gasteiger partial charge in [-0.3, -0.25) is 9.05 Å². The summed E-state index contributed by atoms with van der Waals surface area (Å²) in [6.45, 7) is 1.38. The summed E-state index contributed by atoms with van der Waals surface area (Å²) in [5, 5.41) is 12.8. The summed E-state index contributed by atoms with van der Waals surface area (Å²) in [6, 6.07) is 10.9. The molecule has 0 bridgehead atoms. The zero-order valence-electron chi connectivity index (χ0n) is 13.0. The van der Waals surface area contributed by atoms with Crippen molar-refractivity contribution in [2.45, 2.75) is 13.8 Å². The summed E-state index contributed by atoms with van der Waals surface area (Å²) >= 11 is 5.14. The largest absolute Gasteiger partial charge is 0.466 e. The molecule has 0 aliphatic carbocycles. The first-order valence-corrected chi connectivity index (χ1v) is 10.7. The molecule has 0 aliphatic heterocycles. The molecule has 0 aliphatic rings. The molecule has 0 heterocycles. The van der Waals surface area contributed by atoms with Gasteiger partial charge in [-0.2, -0.15) is 5.26 Å². The third-order valence-electron chi connectivity index (χ3n) is 1.96. The smallest absolute Gasteiger partial charge is 0.312 e. The highest BCUT2D eigenvalue weighted by Gasteiger charge is 2.21. The van der Waals surface area contributed by atoms with Gasteiger partial charge in [0.05, 0.1) is 13.2 Å². The minimum atomic E-state index is -4.64. The standard InChI is InChI=1S/C12H15N2O3PS.H3O4P/c1-3-15-18(19,16-4-2)17-14-12(10-13)11-8-6-5-7-9-11;1-5(2,3)4/h5-9H,3-4H2,1-2H3;(H3,1,2,3,4)/b14-12-;. The molecule has 0 saturated carbocycles. The number of oxime groups is 1. The Bertz CT molecular complexity index is 639. The van der Waals surface area contributed by atoms with E-state index in [1.165, 1.54) is 0 Å². The lowest BCUT2D eigenvalue weighted by atomic mass is 10.1. The summed E-state index contributed by atoms with van der Waals surface area (Å²) in [4.78, 5) is 21.6. The van der Waals surface area contributed by atoms with Crippen LogP contribution in [-0.2, 0) is 30.0 Å². The van der Waals surface area contributed by atoms with Crippen LogP contribution in [0.4, 0.5) is 0 Å². The molecule has 12 heteroatoms. The lowest BCUT2D eigenvalue weighted by molar-refractivity contribution is 0.172. The molecule has 0 saturated heterocycles. The SMILES string of the molecule is CCOP(=S)(OCC)O/N=C(/C#N)c1ccccc1.O=P(O)(O)O. The lowest BCUT2D eigenvalue weighted by Gasteiger charge is -2.17. The second-order valence-corrected chi connectivity index (χ2v) is 7.74. The van der Waals surface area contributed by atoms with E-state index in [9.17, 15) is 0 Å². The van der Waals surface area contributed by atoms with Crippen molar-refractivity contribution in [2.24, 2.45) is 5.16 Å². The number of rotatable bonds is 7. The third kappa shape index (κ3) is 11.4. The molecule has 0 atom stereocenters. The van der Waals surface area contributed by atoms with E-state index in [-0.39, 0.29) is 5.71 Å². The summed E-state index contributed by atoms with van der Waals surface area (Å²) in [5.41, 5.74) is 0.786. The van der Waals surface area contributed by atoms with Gasteiger partial charge < -0.3 is 19.3 Å². The van der Waals surface area contributed by atoms with Crippen LogP contribution < -0.4 is 0 Å². The number of hydrogen-bond acceptors (Lipinski definition) is 7. The Hall–Kier alpha value is -1.14. The lowest BCUT2D eigenvalue weighted by Crippen LogP contribution is -2.01. The van der Waals surface area contributed by atoms with E-state index >= 15 is 0 Å². The molecule has 134 valence electrons. The Labute approximate surface area is 145 Å². The minimum absolute atomic E-state index is 0.134. The van der Waals surface area contributed by atoms with Crippen LogP contribution in [0.3, 0.4) is 0 Å². The van der Waals surface area contributed by atoms with Crippen LogP contribution in [0.15, 0.2) is 35.5 Å². The zero-order valence-corrected chi connectivity index (χ0v) is 15.6. The molecule has 0 radical (unpaired) electrons. The van der Waals surface area contributed by atoms with Gasteiger partial charge >= 0.3 is 14.5 Å². The van der Waals surface area contributed by atoms with Crippen molar-refractivity contribution < 1.29 is 32.9 Å². The van der Waals surface area contributed by atoms with Crippen LogP contribution in [0.5, 0.6) is 0 Å². The molecule has 24 heavy (non-hydrogen) atoms. The van der Waals surface area contributed by atoms with E-state index in [0.717, 1.165) is 0 Å². The van der Waals surface area contributed by atoms with Crippen molar-refractivity contribution in [2.75, 3.05) is 13.2 Å². The second kappa shape index (κ2) is 11.4. The summed E-state index contributed by atoms with van der Waals surface area (Å²) in [5.74, 6) is 0. The number of phosphoric acid groups is 1. The van der Waals surface area contributed by atoms with E-state index in [4.69, 9.17) is 50.0 Å². The molecule has 0 spiro atoms. The number of benzene rings is 1. The van der Waals surface area contributed by atoms with Crippen LogP contribution in [0.2, 0.25) is 0 Å². The van der Waals surface area contributed by atoms with Crippen molar-refractivity contribution in [1.29, 1.82) is 5.26 Å². The average Bonchev–Trinajstić information content (AvgIpc) is 2.48. The summed E-state index contributed by atoms with van der Waals surface area (Å²) in [6.07, 6.45) is 0. The Morgan fingerprint density at radius 1 is 1.21 bits per heavy atom. The fourth-order valence-corrected chi connectivity index (χ4v) is 2.94. The van der Waals surface area contributed by atoms with Crippen LogP contribution in [-0.4, -0.2) is 33.6 Å². The highest BCUT2D eigenvalue weighted by molar-refractivity contribution is 8.07. The predicted molar refractivity (Wildman–Crippen MR) is 91.5 cm³/mol. The predicted octanol–water partition coefficient (Wildman–Crippen LogP) is 2.30. The molecule has 0 aromatic heterocycles. The summed E-state index contributed by atoms with van der Waals surface area (Å²) in [7, 11) is -4.64. The first-order chi connectivity index (χ1) is 11.1. The van der Waals surface area contributed by atoms with Crippen LogP contribution >= 0.6 is 14.5 Å². The normalized spacial score (nSPS) is 11.9. The van der Waals surface area contributed by atoms with E-state index in [0.29, 0.717) is 18.8 Å². The van der Waals surface area contributed by atoms with E-state index < -0.39 is 14.5 Å². The Morgan fingerprint density at radius 2 is 1.67 bits per heavy atom. The maximum atomic E-state index is 9.07. The van der Waals surface area contributed by atoms with E-state index in [1.807, 2.05) is 24.3 Å². The van der Waals surface area contributed by atoms with Gasteiger partial charge in [-0.15, -0.1) is 0 Å². The highest BCUT2D eigenvalue weighted by Crippen LogP contribution is 2.50. The van der Waals surface area contributed by atoms with Gasteiger partial charge in [0.25, 0.3) is 0 Å². The molecular formula is C12H18N2O7P2S. The van der Waals surface area contributed by atoms with Crippen LogP contribution in [0, 0.1) is 11.3 Å². The first kappa shape index (κ1) is 22.9. The van der Waals surface area contributed by atoms with Crippen LogP contribution in [0.1, 0.15) is 19.4 Å². The summed E-state index contributed by atoms with van der Waals surface area (Å²) < 4.78 is 24.6. The van der Waals surface area contributed by atoms with Crippen LogP contribution in [0.25, 0.3) is 0 Å².